The van der Waals surface area contributed by atoms with Gasteiger partial charge in [0.15, 0.2) is 9.84 Å². The summed E-state index contributed by atoms with van der Waals surface area (Å²) in [6.45, 7) is 0.487. The SMILES string of the molecule is CS(=O)(=O)c1cccc(C(=O)N(Cc2cccnc2)C2CC2)c1. The van der Waals surface area contributed by atoms with Crippen molar-refractivity contribution >= 4 is 15.7 Å². The van der Waals surface area contributed by atoms with Gasteiger partial charge in [-0.05, 0) is 42.7 Å². The number of pyridine rings is 1. The second-order valence-electron chi connectivity index (χ2n) is 5.83. The molecule has 6 heteroatoms. The van der Waals surface area contributed by atoms with Crippen molar-refractivity contribution in [1.82, 2.24) is 9.88 Å². The minimum absolute atomic E-state index is 0.137. The van der Waals surface area contributed by atoms with Gasteiger partial charge in [0.05, 0.1) is 4.90 Å². The summed E-state index contributed by atoms with van der Waals surface area (Å²) in [5.74, 6) is -0.137. The zero-order chi connectivity index (χ0) is 16.4. The summed E-state index contributed by atoms with van der Waals surface area (Å²) < 4.78 is 23.4. The molecule has 1 heterocycles. The lowest BCUT2D eigenvalue weighted by Gasteiger charge is -2.22. The van der Waals surface area contributed by atoms with Gasteiger partial charge in [0, 0.05) is 36.8 Å². The maximum absolute atomic E-state index is 12.8. The first kappa shape index (κ1) is 15.7. The van der Waals surface area contributed by atoms with Gasteiger partial charge in [0.25, 0.3) is 5.91 Å². The van der Waals surface area contributed by atoms with E-state index in [1.807, 2.05) is 12.1 Å². The molecule has 0 bridgehead atoms. The molecular weight excluding hydrogens is 312 g/mol. The van der Waals surface area contributed by atoms with Crippen LogP contribution in [0.25, 0.3) is 0 Å². The van der Waals surface area contributed by atoms with Crippen LogP contribution in [-0.2, 0) is 16.4 Å². The third kappa shape index (κ3) is 3.76. The van der Waals surface area contributed by atoms with E-state index < -0.39 is 9.84 Å². The lowest BCUT2D eigenvalue weighted by atomic mass is 10.1. The second-order valence-corrected chi connectivity index (χ2v) is 7.84. The van der Waals surface area contributed by atoms with Gasteiger partial charge in [-0.15, -0.1) is 0 Å². The summed E-state index contributed by atoms with van der Waals surface area (Å²) in [7, 11) is -3.33. The smallest absolute Gasteiger partial charge is 0.254 e. The number of hydrogen-bond donors (Lipinski definition) is 0. The maximum atomic E-state index is 12.8. The van der Waals surface area contributed by atoms with Crippen molar-refractivity contribution in [1.29, 1.82) is 0 Å². The molecule has 120 valence electrons. The molecule has 0 atom stereocenters. The molecule has 0 N–H and O–H groups in total. The quantitative estimate of drug-likeness (QED) is 0.843. The van der Waals surface area contributed by atoms with E-state index in [-0.39, 0.29) is 16.8 Å². The normalized spacial score (nSPS) is 14.5. The molecule has 1 amide bonds. The molecule has 0 spiro atoms. The minimum Gasteiger partial charge on any atom is -0.331 e. The van der Waals surface area contributed by atoms with Crippen molar-refractivity contribution in [2.45, 2.75) is 30.3 Å². The van der Waals surface area contributed by atoms with Gasteiger partial charge >= 0.3 is 0 Å². The monoisotopic (exact) mass is 330 g/mol. The van der Waals surface area contributed by atoms with Gasteiger partial charge < -0.3 is 4.90 Å². The van der Waals surface area contributed by atoms with Crippen LogP contribution in [0.1, 0.15) is 28.8 Å². The molecule has 1 aromatic carbocycles. The third-order valence-electron chi connectivity index (χ3n) is 3.83. The molecular formula is C17H18N2O3S. The number of sulfone groups is 1. The van der Waals surface area contributed by atoms with E-state index in [4.69, 9.17) is 0 Å². The Morgan fingerprint density at radius 1 is 1.26 bits per heavy atom. The van der Waals surface area contributed by atoms with E-state index in [0.29, 0.717) is 12.1 Å². The van der Waals surface area contributed by atoms with E-state index in [1.54, 1.807) is 29.4 Å². The Labute approximate surface area is 135 Å². The van der Waals surface area contributed by atoms with Crippen LogP contribution in [0.2, 0.25) is 0 Å². The van der Waals surface area contributed by atoms with Crippen molar-refractivity contribution in [3.05, 3.63) is 59.9 Å². The van der Waals surface area contributed by atoms with Crippen LogP contribution in [0, 0.1) is 0 Å². The largest absolute Gasteiger partial charge is 0.331 e. The van der Waals surface area contributed by atoms with Crippen LogP contribution in [0.4, 0.5) is 0 Å². The van der Waals surface area contributed by atoms with Gasteiger partial charge in [-0.2, -0.15) is 0 Å². The first-order valence-corrected chi connectivity index (χ1v) is 9.34. The summed E-state index contributed by atoms with van der Waals surface area (Å²) in [4.78, 5) is 18.9. The molecule has 0 unspecified atom stereocenters. The summed E-state index contributed by atoms with van der Waals surface area (Å²) >= 11 is 0. The fraction of sp³-hybridized carbons (Fsp3) is 0.294. The average Bonchev–Trinajstić information content (AvgIpc) is 3.37. The van der Waals surface area contributed by atoms with E-state index >= 15 is 0 Å². The van der Waals surface area contributed by atoms with Crippen LogP contribution < -0.4 is 0 Å². The third-order valence-corrected chi connectivity index (χ3v) is 4.94. The second kappa shape index (κ2) is 6.12. The number of hydrogen-bond acceptors (Lipinski definition) is 4. The average molecular weight is 330 g/mol. The first-order valence-electron chi connectivity index (χ1n) is 7.45. The van der Waals surface area contributed by atoms with Gasteiger partial charge in [-0.25, -0.2) is 8.42 Å². The van der Waals surface area contributed by atoms with Gasteiger partial charge in [-0.3, -0.25) is 9.78 Å². The zero-order valence-electron chi connectivity index (χ0n) is 12.8. The number of nitrogens with zero attached hydrogens (tertiary/aromatic N) is 2. The Morgan fingerprint density at radius 3 is 2.65 bits per heavy atom. The topological polar surface area (TPSA) is 67.3 Å². The number of benzene rings is 1. The Hall–Kier alpha value is -2.21. The van der Waals surface area contributed by atoms with Crippen molar-refractivity contribution in [2.24, 2.45) is 0 Å². The molecule has 1 aliphatic carbocycles. The Morgan fingerprint density at radius 2 is 2.04 bits per heavy atom. The number of rotatable bonds is 5. The summed E-state index contributed by atoms with van der Waals surface area (Å²) in [5.41, 5.74) is 1.37. The van der Waals surface area contributed by atoms with Crippen molar-refractivity contribution in [3.63, 3.8) is 0 Å². The van der Waals surface area contributed by atoms with Crippen molar-refractivity contribution in [2.75, 3.05) is 6.26 Å². The molecule has 5 nitrogen and oxygen atoms in total. The van der Waals surface area contributed by atoms with Gasteiger partial charge in [0.1, 0.15) is 0 Å². The molecule has 1 fully saturated rings. The standard InChI is InChI=1S/C17H18N2O3S/c1-23(21,22)16-6-2-5-14(10-16)17(20)19(15-7-8-15)12-13-4-3-9-18-11-13/h2-6,9-11,15H,7-8,12H2,1H3. The molecule has 0 saturated heterocycles. The molecule has 2 aromatic rings. The lowest BCUT2D eigenvalue weighted by Crippen LogP contribution is -2.32. The molecule has 3 rings (SSSR count). The van der Waals surface area contributed by atoms with Crippen molar-refractivity contribution < 1.29 is 13.2 Å². The maximum Gasteiger partial charge on any atom is 0.254 e. The van der Waals surface area contributed by atoms with Gasteiger partial charge in [-0.1, -0.05) is 12.1 Å². The number of carbonyl (C=O) groups is 1. The van der Waals surface area contributed by atoms with Crippen LogP contribution in [0.15, 0.2) is 53.7 Å². The summed E-state index contributed by atoms with van der Waals surface area (Å²) in [6.07, 6.45) is 6.55. The predicted octanol–water partition coefficient (Wildman–Crippen LogP) is 2.29. The van der Waals surface area contributed by atoms with Gasteiger partial charge in [0.2, 0.25) is 0 Å². The summed E-state index contributed by atoms with van der Waals surface area (Å²) in [5, 5.41) is 0. The number of carbonyl (C=O) groups excluding carboxylic acids is 1. The molecule has 1 saturated carbocycles. The zero-order valence-corrected chi connectivity index (χ0v) is 13.7. The van der Waals surface area contributed by atoms with E-state index in [9.17, 15) is 13.2 Å². The van der Waals surface area contributed by atoms with Crippen molar-refractivity contribution in [3.8, 4) is 0 Å². The Bertz CT molecular complexity index is 815. The highest BCUT2D eigenvalue weighted by atomic mass is 32.2. The van der Waals surface area contributed by atoms with E-state index in [1.165, 1.54) is 12.1 Å². The van der Waals surface area contributed by atoms with Crippen LogP contribution in [0.5, 0.6) is 0 Å². The highest BCUT2D eigenvalue weighted by Gasteiger charge is 2.33. The Balaban J connectivity index is 1.87. The van der Waals surface area contributed by atoms with E-state index in [2.05, 4.69) is 4.98 Å². The molecule has 1 aromatic heterocycles. The predicted molar refractivity (Wildman–Crippen MR) is 86.7 cm³/mol. The van der Waals surface area contributed by atoms with E-state index in [0.717, 1.165) is 24.7 Å². The number of amides is 1. The molecule has 1 aliphatic rings. The first-order chi connectivity index (χ1) is 10.9. The Kier molecular flexibility index (Phi) is 4.17. The van der Waals surface area contributed by atoms with Crippen LogP contribution >= 0.6 is 0 Å². The fourth-order valence-electron chi connectivity index (χ4n) is 2.47. The van der Waals surface area contributed by atoms with Crippen LogP contribution in [-0.4, -0.2) is 36.5 Å². The number of aromatic nitrogens is 1. The lowest BCUT2D eigenvalue weighted by molar-refractivity contribution is 0.0729. The molecule has 0 aliphatic heterocycles. The summed E-state index contributed by atoms with van der Waals surface area (Å²) in [6, 6.07) is 10.2. The highest BCUT2D eigenvalue weighted by Crippen LogP contribution is 2.30. The molecule has 0 radical (unpaired) electrons. The van der Waals surface area contributed by atoms with Crippen LogP contribution in [0.3, 0.4) is 0 Å². The fourth-order valence-corrected chi connectivity index (χ4v) is 3.13. The minimum atomic E-state index is -3.33. The highest BCUT2D eigenvalue weighted by molar-refractivity contribution is 7.90. The molecule has 23 heavy (non-hydrogen) atoms.